The Morgan fingerprint density at radius 2 is 1.74 bits per heavy atom. The van der Waals surface area contributed by atoms with E-state index in [1.54, 1.807) is 12.4 Å². The number of hydrogen-bond acceptors (Lipinski definition) is 4. The van der Waals surface area contributed by atoms with Gasteiger partial charge in [-0.05, 0) is 55.6 Å². The highest BCUT2D eigenvalue weighted by Crippen LogP contribution is 2.27. The molecule has 0 amide bonds. The van der Waals surface area contributed by atoms with Crippen LogP contribution in [0.5, 0.6) is 11.8 Å². The first-order valence-electron chi connectivity index (χ1n) is 6.05. The van der Waals surface area contributed by atoms with E-state index in [-0.39, 0.29) is 0 Å². The summed E-state index contributed by atoms with van der Waals surface area (Å²) < 4.78 is 5.62. The van der Waals surface area contributed by atoms with E-state index in [9.17, 15) is 0 Å². The quantitative estimate of drug-likeness (QED) is 0.933. The molecular formula is C14H16ClN3O. The molecule has 0 spiro atoms. The van der Waals surface area contributed by atoms with Crippen molar-refractivity contribution in [3.63, 3.8) is 0 Å². The fraction of sp³-hybridized carbons (Fsp3) is 0.286. The Bertz CT molecular complexity index is 546. The molecule has 2 rings (SSSR count). The van der Waals surface area contributed by atoms with E-state index in [1.165, 1.54) is 0 Å². The zero-order chi connectivity index (χ0) is 13.8. The van der Waals surface area contributed by atoms with Gasteiger partial charge in [-0.15, -0.1) is 0 Å². The van der Waals surface area contributed by atoms with Gasteiger partial charge in [0.2, 0.25) is 0 Å². The summed E-state index contributed by atoms with van der Waals surface area (Å²) in [5.74, 6) is 0.686. The molecule has 19 heavy (non-hydrogen) atoms. The van der Waals surface area contributed by atoms with Gasteiger partial charge in [-0.25, -0.2) is 9.97 Å². The van der Waals surface area contributed by atoms with E-state index < -0.39 is 0 Å². The van der Waals surface area contributed by atoms with Crippen LogP contribution in [-0.2, 0) is 6.42 Å². The third-order valence-corrected chi connectivity index (χ3v) is 3.33. The predicted molar refractivity (Wildman–Crippen MR) is 75.8 cm³/mol. The molecule has 0 aliphatic carbocycles. The van der Waals surface area contributed by atoms with Crippen LogP contribution >= 0.6 is 11.6 Å². The number of ether oxygens (including phenoxy) is 1. The first kappa shape index (κ1) is 13.8. The zero-order valence-electron chi connectivity index (χ0n) is 11.0. The van der Waals surface area contributed by atoms with Crippen molar-refractivity contribution >= 4 is 11.6 Å². The van der Waals surface area contributed by atoms with Crippen LogP contribution in [0.25, 0.3) is 0 Å². The normalized spacial score (nSPS) is 10.5. The third kappa shape index (κ3) is 3.43. The van der Waals surface area contributed by atoms with Crippen molar-refractivity contribution in [2.24, 2.45) is 5.73 Å². The average molecular weight is 278 g/mol. The van der Waals surface area contributed by atoms with Crippen molar-refractivity contribution in [2.75, 3.05) is 6.54 Å². The molecule has 0 fully saturated rings. The summed E-state index contributed by atoms with van der Waals surface area (Å²) in [7, 11) is 0. The van der Waals surface area contributed by atoms with Crippen molar-refractivity contribution in [1.82, 2.24) is 9.97 Å². The van der Waals surface area contributed by atoms with Crippen LogP contribution in [0.4, 0.5) is 0 Å². The van der Waals surface area contributed by atoms with Gasteiger partial charge in [-0.1, -0.05) is 11.6 Å². The number of nitrogens with zero attached hydrogens (tertiary/aromatic N) is 2. The van der Waals surface area contributed by atoms with Crippen molar-refractivity contribution < 1.29 is 4.74 Å². The number of hydrogen-bond donors (Lipinski definition) is 1. The number of rotatable bonds is 4. The highest BCUT2D eigenvalue weighted by Gasteiger charge is 2.06. The van der Waals surface area contributed by atoms with E-state index in [4.69, 9.17) is 22.1 Å². The van der Waals surface area contributed by atoms with Gasteiger partial charge in [0.25, 0.3) is 0 Å². The highest BCUT2D eigenvalue weighted by molar-refractivity contribution is 6.32. The topological polar surface area (TPSA) is 61.0 Å². The second-order valence-electron chi connectivity index (χ2n) is 4.39. The summed E-state index contributed by atoms with van der Waals surface area (Å²) in [6.45, 7) is 4.46. The van der Waals surface area contributed by atoms with Crippen molar-refractivity contribution in [1.29, 1.82) is 0 Å². The largest absolute Gasteiger partial charge is 0.424 e. The minimum atomic E-state index is 0.321. The molecule has 2 aromatic rings. The molecule has 100 valence electrons. The van der Waals surface area contributed by atoms with Crippen molar-refractivity contribution in [3.05, 3.63) is 46.2 Å². The van der Waals surface area contributed by atoms with Crippen molar-refractivity contribution in [2.45, 2.75) is 20.3 Å². The zero-order valence-corrected chi connectivity index (χ0v) is 11.7. The fourth-order valence-corrected chi connectivity index (χ4v) is 1.87. The standard InChI is InChI=1S/C14H16ClN3O/c1-9-5-12(6-10(2)13(9)15)19-14-17-7-11(3-4-16)8-18-14/h5-8H,3-4,16H2,1-2H3. The first-order chi connectivity index (χ1) is 9.10. The van der Waals surface area contributed by atoms with Gasteiger partial charge in [-0.3, -0.25) is 0 Å². The molecule has 0 aliphatic rings. The monoisotopic (exact) mass is 277 g/mol. The lowest BCUT2D eigenvalue weighted by molar-refractivity contribution is 0.440. The summed E-state index contributed by atoms with van der Waals surface area (Å²) in [6, 6.07) is 4.06. The molecular weight excluding hydrogens is 262 g/mol. The van der Waals surface area contributed by atoms with Gasteiger partial charge in [0.05, 0.1) is 0 Å². The molecule has 0 bridgehead atoms. The fourth-order valence-electron chi connectivity index (χ4n) is 1.76. The SMILES string of the molecule is Cc1cc(Oc2ncc(CCN)cn2)cc(C)c1Cl. The van der Waals surface area contributed by atoms with Gasteiger partial charge in [0.15, 0.2) is 0 Å². The molecule has 0 aliphatic heterocycles. The Balaban J connectivity index is 2.17. The number of aryl methyl sites for hydroxylation is 2. The summed E-state index contributed by atoms with van der Waals surface area (Å²) in [5, 5.41) is 0.756. The molecule has 4 nitrogen and oxygen atoms in total. The molecule has 1 aromatic heterocycles. The van der Waals surface area contributed by atoms with Crippen LogP contribution in [0.15, 0.2) is 24.5 Å². The van der Waals surface area contributed by atoms with E-state index in [0.717, 1.165) is 28.1 Å². The minimum Gasteiger partial charge on any atom is -0.424 e. The Morgan fingerprint density at radius 3 is 2.26 bits per heavy atom. The van der Waals surface area contributed by atoms with E-state index in [0.29, 0.717) is 18.3 Å². The van der Waals surface area contributed by atoms with E-state index in [1.807, 2.05) is 26.0 Å². The lowest BCUT2D eigenvalue weighted by atomic mass is 10.1. The molecule has 0 unspecified atom stereocenters. The number of halogens is 1. The van der Waals surface area contributed by atoms with Gasteiger partial charge in [0, 0.05) is 17.4 Å². The van der Waals surface area contributed by atoms with Crippen molar-refractivity contribution in [3.8, 4) is 11.8 Å². The van der Waals surface area contributed by atoms with E-state index in [2.05, 4.69) is 9.97 Å². The van der Waals surface area contributed by atoms with Crippen LogP contribution in [-0.4, -0.2) is 16.5 Å². The Hall–Kier alpha value is -1.65. The average Bonchev–Trinajstić information content (AvgIpc) is 2.38. The number of benzene rings is 1. The van der Waals surface area contributed by atoms with Gasteiger partial charge in [-0.2, -0.15) is 0 Å². The van der Waals surface area contributed by atoms with Gasteiger partial charge >= 0.3 is 6.01 Å². The van der Waals surface area contributed by atoms with Crippen LogP contribution in [0.3, 0.4) is 0 Å². The minimum absolute atomic E-state index is 0.321. The summed E-state index contributed by atoms with van der Waals surface area (Å²) >= 11 is 6.11. The van der Waals surface area contributed by atoms with E-state index >= 15 is 0 Å². The van der Waals surface area contributed by atoms with Gasteiger partial charge < -0.3 is 10.5 Å². The molecule has 1 heterocycles. The highest BCUT2D eigenvalue weighted by atomic mass is 35.5. The molecule has 1 aromatic carbocycles. The maximum atomic E-state index is 6.11. The molecule has 0 saturated heterocycles. The summed E-state index contributed by atoms with van der Waals surface area (Å²) in [6.07, 6.45) is 4.22. The Labute approximate surface area is 117 Å². The summed E-state index contributed by atoms with van der Waals surface area (Å²) in [5.41, 5.74) is 8.41. The molecule has 0 atom stereocenters. The molecule has 0 saturated carbocycles. The maximum Gasteiger partial charge on any atom is 0.321 e. The third-order valence-electron chi connectivity index (χ3n) is 2.73. The smallest absolute Gasteiger partial charge is 0.321 e. The second kappa shape index (κ2) is 5.99. The van der Waals surface area contributed by atoms with Crippen LogP contribution in [0, 0.1) is 13.8 Å². The Kier molecular flexibility index (Phi) is 4.35. The number of aromatic nitrogens is 2. The first-order valence-corrected chi connectivity index (χ1v) is 6.43. The second-order valence-corrected chi connectivity index (χ2v) is 4.76. The van der Waals surface area contributed by atoms with Crippen LogP contribution in [0.1, 0.15) is 16.7 Å². The molecule has 2 N–H and O–H groups in total. The number of nitrogens with two attached hydrogens (primary N) is 1. The lowest BCUT2D eigenvalue weighted by Crippen LogP contribution is -2.03. The predicted octanol–water partition coefficient (Wildman–Crippen LogP) is 3.04. The maximum absolute atomic E-state index is 6.11. The molecule has 0 radical (unpaired) electrons. The lowest BCUT2D eigenvalue weighted by Gasteiger charge is -2.08. The van der Waals surface area contributed by atoms with Crippen LogP contribution < -0.4 is 10.5 Å². The van der Waals surface area contributed by atoms with Crippen LogP contribution in [0.2, 0.25) is 5.02 Å². The summed E-state index contributed by atoms with van der Waals surface area (Å²) in [4.78, 5) is 8.30. The molecule has 5 heteroatoms. The van der Waals surface area contributed by atoms with Gasteiger partial charge in [0.1, 0.15) is 5.75 Å². The Morgan fingerprint density at radius 1 is 1.16 bits per heavy atom.